The van der Waals surface area contributed by atoms with Crippen LogP contribution in [0.15, 0.2) is 12.1 Å². The fourth-order valence-electron chi connectivity index (χ4n) is 2.35. The second kappa shape index (κ2) is 6.41. The van der Waals surface area contributed by atoms with Gasteiger partial charge in [0.15, 0.2) is 0 Å². The van der Waals surface area contributed by atoms with Crippen molar-refractivity contribution in [1.82, 2.24) is 0 Å². The lowest BCUT2D eigenvalue weighted by Gasteiger charge is -2.23. The number of hydrogen-bond acceptors (Lipinski definition) is 0. The average molecular weight is 245 g/mol. The molecule has 0 aliphatic heterocycles. The standard InChI is InChI=1S/C18H29/c1-7-10-11-17-14(8-2)12-16(18(4,5)6)13-15(17)9-3/h11-13H,7-10H2,1-6H3. The van der Waals surface area contributed by atoms with E-state index in [4.69, 9.17) is 0 Å². The molecule has 0 bridgehead atoms. The first kappa shape index (κ1) is 15.3. The van der Waals surface area contributed by atoms with Gasteiger partial charge in [-0.2, -0.15) is 0 Å². The SMILES string of the molecule is CCC[CH]c1c(CC)cc(C(C)(C)C)cc1CC. The van der Waals surface area contributed by atoms with Gasteiger partial charge in [0.25, 0.3) is 0 Å². The van der Waals surface area contributed by atoms with Gasteiger partial charge in [-0.15, -0.1) is 0 Å². The lowest BCUT2D eigenvalue weighted by Crippen LogP contribution is -2.13. The Morgan fingerprint density at radius 3 is 1.78 bits per heavy atom. The van der Waals surface area contributed by atoms with Gasteiger partial charge >= 0.3 is 0 Å². The molecule has 0 heterocycles. The molecule has 1 rings (SSSR count). The highest BCUT2D eigenvalue weighted by atomic mass is 14.2. The first-order chi connectivity index (χ1) is 8.43. The Morgan fingerprint density at radius 1 is 0.944 bits per heavy atom. The molecule has 0 nitrogen and oxygen atoms in total. The zero-order valence-corrected chi connectivity index (χ0v) is 13.1. The maximum atomic E-state index is 2.43. The van der Waals surface area contributed by atoms with Crippen LogP contribution in [0.2, 0.25) is 0 Å². The average Bonchev–Trinajstić information content (AvgIpc) is 2.33. The Labute approximate surface area is 114 Å². The summed E-state index contributed by atoms with van der Waals surface area (Å²) in [6.45, 7) is 13.7. The number of unbranched alkanes of at least 4 members (excludes halogenated alkanes) is 1. The van der Waals surface area contributed by atoms with Crippen LogP contribution in [-0.4, -0.2) is 0 Å². The molecule has 0 saturated heterocycles. The molecule has 0 N–H and O–H groups in total. The van der Waals surface area contributed by atoms with E-state index in [1.807, 2.05) is 0 Å². The molecule has 0 heteroatoms. The molecular formula is C18H29. The van der Waals surface area contributed by atoms with Crippen LogP contribution in [0.25, 0.3) is 0 Å². The fourth-order valence-corrected chi connectivity index (χ4v) is 2.35. The lowest BCUT2D eigenvalue weighted by atomic mass is 9.81. The predicted molar refractivity (Wildman–Crippen MR) is 82.2 cm³/mol. The first-order valence-corrected chi connectivity index (χ1v) is 7.43. The van der Waals surface area contributed by atoms with Crippen molar-refractivity contribution in [3.8, 4) is 0 Å². The Balaban J connectivity index is 3.25. The normalized spacial score (nSPS) is 11.9. The van der Waals surface area contributed by atoms with Gasteiger partial charge in [0.2, 0.25) is 0 Å². The van der Waals surface area contributed by atoms with E-state index < -0.39 is 0 Å². The van der Waals surface area contributed by atoms with Crippen LogP contribution in [0.3, 0.4) is 0 Å². The summed E-state index contributed by atoms with van der Waals surface area (Å²) >= 11 is 0. The summed E-state index contributed by atoms with van der Waals surface area (Å²) in [5.41, 5.74) is 6.28. The molecule has 18 heavy (non-hydrogen) atoms. The van der Waals surface area contributed by atoms with E-state index in [0.717, 1.165) is 12.8 Å². The Bertz CT molecular complexity index is 355. The van der Waals surface area contributed by atoms with Crippen LogP contribution in [-0.2, 0) is 18.3 Å². The van der Waals surface area contributed by atoms with Crippen LogP contribution in [0.1, 0.15) is 76.6 Å². The van der Waals surface area contributed by atoms with Gasteiger partial charge in [0.05, 0.1) is 0 Å². The van der Waals surface area contributed by atoms with Crippen molar-refractivity contribution in [1.29, 1.82) is 0 Å². The Kier molecular flexibility index (Phi) is 5.44. The fraction of sp³-hybridized carbons (Fsp3) is 0.611. The highest BCUT2D eigenvalue weighted by Crippen LogP contribution is 2.29. The third-order valence-electron chi connectivity index (χ3n) is 3.62. The topological polar surface area (TPSA) is 0 Å². The summed E-state index contributed by atoms with van der Waals surface area (Å²) in [7, 11) is 0. The van der Waals surface area contributed by atoms with Gasteiger partial charge in [0, 0.05) is 0 Å². The quantitative estimate of drug-likeness (QED) is 0.646. The molecule has 101 valence electrons. The minimum absolute atomic E-state index is 0.247. The van der Waals surface area contributed by atoms with Crippen molar-refractivity contribution in [2.45, 2.75) is 72.6 Å². The molecule has 0 aliphatic rings. The number of aryl methyl sites for hydroxylation is 2. The summed E-state index contributed by atoms with van der Waals surface area (Å²) < 4.78 is 0. The van der Waals surface area contributed by atoms with Crippen molar-refractivity contribution < 1.29 is 0 Å². The molecule has 1 aromatic carbocycles. The van der Waals surface area contributed by atoms with Crippen molar-refractivity contribution in [3.63, 3.8) is 0 Å². The van der Waals surface area contributed by atoms with Crippen LogP contribution < -0.4 is 0 Å². The van der Waals surface area contributed by atoms with Gasteiger partial charge in [-0.25, -0.2) is 0 Å². The monoisotopic (exact) mass is 245 g/mol. The molecule has 0 amide bonds. The molecule has 0 aromatic heterocycles. The molecule has 0 unspecified atom stereocenters. The molecule has 0 atom stereocenters. The van der Waals surface area contributed by atoms with Gasteiger partial charge in [-0.3, -0.25) is 0 Å². The van der Waals surface area contributed by atoms with E-state index in [1.165, 1.54) is 35.1 Å². The zero-order valence-electron chi connectivity index (χ0n) is 13.1. The van der Waals surface area contributed by atoms with Gasteiger partial charge in [-0.1, -0.05) is 60.1 Å². The van der Waals surface area contributed by atoms with Crippen molar-refractivity contribution in [2.75, 3.05) is 0 Å². The van der Waals surface area contributed by atoms with Crippen LogP contribution in [0.4, 0.5) is 0 Å². The molecule has 1 aromatic rings. The highest BCUT2D eigenvalue weighted by Gasteiger charge is 2.17. The van der Waals surface area contributed by atoms with Crippen LogP contribution >= 0.6 is 0 Å². The molecule has 0 fully saturated rings. The van der Waals surface area contributed by atoms with E-state index in [2.05, 4.69) is 60.1 Å². The van der Waals surface area contributed by atoms with Crippen molar-refractivity contribution >= 4 is 0 Å². The third-order valence-corrected chi connectivity index (χ3v) is 3.62. The maximum absolute atomic E-state index is 2.43. The minimum Gasteiger partial charge on any atom is -0.0654 e. The maximum Gasteiger partial charge on any atom is -0.00875 e. The zero-order chi connectivity index (χ0) is 13.8. The van der Waals surface area contributed by atoms with E-state index in [-0.39, 0.29) is 5.41 Å². The van der Waals surface area contributed by atoms with Crippen LogP contribution in [0, 0.1) is 6.42 Å². The Morgan fingerprint density at radius 2 is 1.44 bits per heavy atom. The van der Waals surface area contributed by atoms with Gasteiger partial charge < -0.3 is 0 Å². The second-order valence-electron chi connectivity index (χ2n) is 6.16. The number of rotatable bonds is 5. The summed E-state index contributed by atoms with van der Waals surface area (Å²) in [6, 6.07) is 4.83. The molecule has 1 radical (unpaired) electrons. The van der Waals surface area contributed by atoms with E-state index >= 15 is 0 Å². The predicted octanol–water partition coefficient (Wildman–Crippen LogP) is 5.46. The minimum atomic E-state index is 0.247. The molecule has 0 spiro atoms. The summed E-state index contributed by atoms with van der Waals surface area (Å²) in [6.07, 6.45) is 7.12. The van der Waals surface area contributed by atoms with Crippen molar-refractivity contribution in [3.05, 3.63) is 40.8 Å². The second-order valence-corrected chi connectivity index (χ2v) is 6.16. The third kappa shape index (κ3) is 3.60. The highest BCUT2D eigenvalue weighted by molar-refractivity contribution is 5.45. The molecule has 0 saturated carbocycles. The van der Waals surface area contributed by atoms with Crippen LogP contribution in [0.5, 0.6) is 0 Å². The van der Waals surface area contributed by atoms with E-state index in [1.54, 1.807) is 0 Å². The lowest BCUT2D eigenvalue weighted by molar-refractivity contribution is 0.588. The van der Waals surface area contributed by atoms with E-state index in [0.29, 0.717) is 0 Å². The molecule has 0 aliphatic carbocycles. The summed E-state index contributed by atoms with van der Waals surface area (Å²) in [5, 5.41) is 0. The number of hydrogen-bond donors (Lipinski definition) is 0. The van der Waals surface area contributed by atoms with Crippen molar-refractivity contribution in [2.24, 2.45) is 0 Å². The first-order valence-electron chi connectivity index (χ1n) is 7.43. The smallest absolute Gasteiger partial charge is 0.00875 e. The summed E-state index contributed by atoms with van der Waals surface area (Å²) in [5.74, 6) is 0. The van der Waals surface area contributed by atoms with E-state index in [9.17, 15) is 0 Å². The van der Waals surface area contributed by atoms with Gasteiger partial charge in [-0.05, 0) is 53.4 Å². The van der Waals surface area contributed by atoms with Gasteiger partial charge in [0.1, 0.15) is 0 Å². The largest absolute Gasteiger partial charge is 0.0654 e. The Hall–Kier alpha value is -0.780. The molecular weight excluding hydrogens is 216 g/mol. The number of benzene rings is 1. The summed E-state index contributed by atoms with van der Waals surface area (Å²) in [4.78, 5) is 0.